The van der Waals surface area contributed by atoms with Crippen LogP contribution >= 0.6 is 0 Å². The van der Waals surface area contributed by atoms with Gasteiger partial charge in [0.2, 0.25) is 5.95 Å². The van der Waals surface area contributed by atoms with Crippen molar-refractivity contribution in [2.75, 3.05) is 30.9 Å². The molecule has 4 heterocycles. The maximum atomic E-state index is 12.4. The van der Waals surface area contributed by atoms with E-state index in [2.05, 4.69) is 21.8 Å². The highest BCUT2D eigenvalue weighted by Gasteiger charge is 2.42. The zero-order valence-electron chi connectivity index (χ0n) is 19.0. The number of rotatable bonds is 8. The molecular formula is C23H30N4O5S. The summed E-state index contributed by atoms with van der Waals surface area (Å²) in [6.07, 6.45) is 8.10. The van der Waals surface area contributed by atoms with Crippen LogP contribution in [0.5, 0.6) is 5.75 Å². The van der Waals surface area contributed by atoms with Crippen LogP contribution in [0.15, 0.2) is 41.6 Å². The maximum absolute atomic E-state index is 12.4. The van der Waals surface area contributed by atoms with Crippen LogP contribution < -0.4 is 9.64 Å². The summed E-state index contributed by atoms with van der Waals surface area (Å²) in [5, 5.41) is 0. The number of ether oxygens (including phenoxy) is 2. The number of piperidine rings is 2. The average Bonchev–Trinajstić information content (AvgIpc) is 2.83. The number of sulfone groups is 1. The van der Waals surface area contributed by atoms with Gasteiger partial charge in [-0.3, -0.25) is 0 Å². The van der Waals surface area contributed by atoms with E-state index in [1.807, 2.05) is 4.90 Å². The molecule has 0 radical (unpaired) electrons. The van der Waals surface area contributed by atoms with Crippen LogP contribution in [0, 0.1) is 0 Å². The standard InChI is InChI=1S/C23H30N4O5S/c1-3-4-11-31-23(28)27-15-18-7-8-19(27)14-26(18)22-24-12-20(13-25-22)32-16-17-5-9-21(10-6-17)33(2,29)30/h5-6,9-10,12-13,18-19H,3-4,7-8,11,14-16H2,1-2H3. The molecule has 0 aliphatic carbocycles. The van der Waals surface area contributed by atoms with Crippen LogP contribution in [-0.4, -0.2) is 67.4 Å². The minimum absolute atomic E-state index is 0.110. The number of unbranched alkanes of at least 4 members (excludes halogenated alkanes) is 1. The first-order valence-corrected chi connectivity index (χ1v) is 13.2. The smallest absolute Gasteiger partial charge is 0.410 e. The molecule has 2 bridgehead atoms. The lowest BCUT2D eigenvalue weighted by atomic mass is 9.91. The van der Waals surface area contributed by atoms with E-state index in [4.69, 9.17) is 9.47 Å². The van der Waals surface area contributed by atoms with Crippen molar-refractivity contribution in [1.29, 1.82) is 0 Å². The van der Waals surface area contributed by atoms with Gasteiger partial charge in [0.25, 0.3) is 0 Å². The molecule has 2 atom stereocenters. The summed E-state index contributed by atoms with van der Waals surface area (Å²) in [5.41, 5.74) is 0.853. The first kappa shape index (κ1) is 23.3. The maximum Gasteiger partial charge on any atom is 0.410 e. The number of anilines is 1. The Hall–Kier alpha value is -2.88. The quantitative estimate of drug-likeness (QED) is 0.538. The number of hydrogen-bond acceptors (Lipinski definition) is 8. The van der Waals surface area contributed by atoms with Crippen molar-refractivity contribution < 1.29 is 22.7 Å². The zero-order valence-corrected chi connectivity index (χ0v) is 19.8. The summed E-state index contributed by atoms with van der Waals surface area (Å²) in [5.74, 6) is 1.17. The van der Waals surface area contributed by atoms with E-state index in [0.717, 1.165) is 31.2 Å². The lowest BCUT2D eigenvalue weighted by Gasteiger charge is -2.50. The molecule has 9 nitrogen and oxygen atoms in total. The predicted octanol–water partition coefficient (Wildman–Crippen LogP) is 3.05. The van der Waals surface area contributed by atoms with Gasteiger partial charge in [0, 0.05) is 25.4 Å². The SMILES string of the molecule is CCCCOC(=O)N1CC2CCC1CN2c1ncc(OCc2ccc(S(C)(=O)=O)cc2)cn1. The summed E-state index contributed by atoms with van der Waals surface area (Å²) < 4.78 is 34.3. The van der Waals surface area contributed by atoms with Gasteiger partial charge in [0.1, 0.15) is 6.61 Å². The van der Waals surface area contributed by atoms with Crippen LogP contribution in [0.2, 0.25) is 0 Å². The average molecular weight is 475 g/mol. The monoisotopic (exact) mass is 474 g/mol. The molecule has 3 aliphatic heterocycles. The van der Waals surface area contributed by atoms with Crippen molar-refractivity contribution >= 4 is 21.9 Å². The van der Waals surface area contributed by atoms with Gasteiger partial charge in [-0.1, -0.05) is 25.5 Å². The van der Waals surface area contributed by atoms with E-state index in [0.29, 0.717) is 31.4 Å². The Kier molecular flexibility index (Phi) is 7.02. The van der Waals surface area contributed by atoms with Crippen LogP contribution in [-0.2, 0) is 21.2 Å². The van der Waals surface area contributed by atoms with Gasteiger partial charge < -0.3 is 19.3 Å². The molecule has 178 valence electrons. The molecule has 0 saturated carbocycles. The van der Waals surface area contributed by atoms with Crippen molar-refractivity contribution in [3.8, 4) is 5.75 Å². The topological polar surface area (TPSA) is 102 Å². The summed E-state index contributed by atoms with van der Waals surface area (Å²) in [6, 6.07) is 6.89. The van der Waals surface area contributed by atoms with Crippen molar-refractivity contribution in [2.45, 2.75) is 56.2 Å². The van der Waals surface area contributed by atoms with Crippen molar-refractivity contribution in [2.24, 2.45) is 0 Å². The Balaban J connectivity index is 1.32. The van der Waals surface area contributed by atoms with Crippen LogP contribution in [0.1, 0.15) is 38.2 Å². The number of fused-ring (bicyclic) bond motifs is 3. The molecule has 10 heteroatoms. The Morgan fingerprint density at radius 3 is 2.39 bits per heavy atom. The third-order valence-corrected chi connectivity index (χ3v) is 7.24. The van der Waals surface area contributed by atoms with Crippen molar-refractivity contribution in [3.05, 3.63) is 42.2 Å². The highest BCUT2D eigenvalue weighted by molar-refractivity contribution is 7.90. The molecule has 0 N–H and O–H groups in total. The van der Waals surface area contributed by atoms with Gasteiger partial charge in [-0.15, -0.1) is 0 Å². The number of carbonyl (C=O) groups excluding carboxylic acids is 1. The molecule has 33 heavy (non-hydrogen) atoms. The molecule has 1 amide bonds. The van der Waals surface area contributed by atoms with E-state index >= 15 is 0 Å². The van der Waals surface area contributed by atoms with Crippen molar-refractivity contribution in [3.63, 3.8) is 0 Å². The van der Waals surface area contributed by atoms with E-state index in [-0.39, 0.29) is 29.7 Å². The first-order chi connectivity index (χ1) is 15.8. The Labute approximate surface area is 194 Å². The highest BCUT2D eigenvalue weighted by Crippen LogP contribution is 2.32. The molecule has 3 saturated heterocycles. The summed E-state index contributed by atoms with van der Waals surface area (Å²) >= 11 is 0. The largest absolute Gasteiger partial charge is 0.486 e. The van der Waals surface area contributed by atoms with Gasteiger partial charge in [0.15, 0.2) is 15.6 Å². The van der Waals surface area contributed by atoms with Gasteiger partial charge >= 0.3 is 6.09 Å². The molecule has 2 aromatic rings. The lowest BCUT2D eigenvalue weighted by molar-refractivity contribution is 0.0533. The zero-order chi connectivity index (χ0) is 23.4. The van der Waals surface area contributed by atoms with Gasteiger partial charge in [-0.25, -0.2) is 23.2 Å². The summed E-state index contributed by atoms with van der Waals surface area (Å²) in [6.45, 7) is 4.15. The molecule has 3 aliphatic rings. The van der Waals surface area contributed by atoms with E-state index in [1.54, 1.807) is 36.7 Å². The number of piperazine rings is 1. The predicted molar refractivity (Wildman–Crippen MR) is 123 cm³/mol. The van der Waals surface area contributed by atoms with Crippen LogP contribution in [0.25, 0.3) is 0 Å². The number of amides is 1. The highest BCUT2D eigenvalue weighted by atomic mass is 32.2. The van der Waals surface area contributed by atoms with Gasteiger partial charge in [-0.05, 0) is 37.0 Å². The third kappa shape index (κ3) is 5.55. The normalized spacial score (nSPS) is 20.1. The molecule has 5 rings (SSSR count). The van der Waals surface area contributed by atoms with Crippen LogP contribution in [0.3, 0.4) is 0 Å². The molecule has 2 unspecified atom stereocenters. The molecular weight excluding hydrogens is 444 g/mol. The van der Waals surface area contributed by atoms with Crippen molar-refractivity contribution in [1.82, 2.24) is 14.9 Å². The molecule has 1 aromatic carbocycles. The number of nitrogens with zero attached hydrogens (tertiary/aromatic N) is 4. The van der Waals surface area contributed by atoms with Gasteiger partial charge in [-0.2, -0.15) is 0 Å². The number of hydrogen-bond donors (Lipinski definition) is 0. The molecule has 3 fully saturated rings. The minimum atomic E-state index is -3.21. The first-order valence-electron chi connectivity index (χ1n) is 11.3. The second kappa shape index (κ2) is 9.94. The Morgan fingerprint density at radius 1 is 1.09 bits per heavy atom. The summed E-state index contributed by atoms with van der Waals surface area (Å²) in [7, 11) is -3.21. The third-order valence-electron chi connectivity index (χ3n) is 6.12. The fourth-order valence-corrected chi connectivity index (χ4v) is 4.85. The lowest BCUT2D eigenvalue weighted by Crippen LogP contribution is -2.64. The van der Waals surface area contributed by atoms with Crippen LogP contribution in [0.4, 0.5) is 10.7 Å². The number of aromatic nitrogens is 2. The van der Waals surface area contributed by atoms with Gasteiger partial charge in [0.05, 0.1) is 29.9 Å². The van der Waals surface area contributed by atoms with E-state index in [1.165, 1.54) is 6.26 Å². The van der Waals surface area contributed by atoms with E-state index < -0.39 is 9.84 Å². The number of benzene rings is 1. The fraction of sp³-hybridized carbons (Fsp3) is 0.522. The fourth-order valence-electron chi connectivity index (χ4n) is 4.22. The molecule has 1 aromatic heterocycles. The van der Waals surface area contributed by atoms with E-state index in [9.17, 15) is 13.2 Å². The Bertz CT molecular complexity index is 1060. The Morgan fingerprint density at radius 2 is 1.79 bits per heavy atom. The second-order valence-corrected chi connectivity index (χ2v) is 10.6. The second-order valence-electron chi connectivity index (χ2n) is 8.58. The summed E-state index contributed by atoms with van der Waals surface area (Å²) in [4.78, 5) is 25.7. The number of carbonyl (C=O) groups is 1. The molecule has 0 spiro atoms. The minimum Gasteiger partial charge on any atom is -0.486 e.